The van der Waals surface area contributed by atoms with E-state index in [4.69, 9.17) is 0 Å². The molecule has 3 nitrogen and oxygen atoms in total. The van der Waals surface area contributed by atoms with E-state index in [1.165, 1.54) is 25.7 Å². The van der Waals surface area contributed by atoms with Gasteiger partial charge in [0.1, 0.15) is 0 Å². The number of rotatable bonds is 1. The highest BCUT2D eigenvalue weighted by atomic mass is 16.2. The van der Waals surface area contributed by atoms with Crippen molar-refractivity contribution in [1.29, 1.82) is 0 Å². The Bertz CT molecular complexity index is 187. The molecule has 13 heavy (non-hydrogen) atoms. The summed E-state index contributed by atoms with van der Waals surface area (Å²) in [5.74, 6) is 0.822. The van der Waals surface area contributed by atoms with Crippen molar-refractivity contribution in [3.8, 4) is 0 Å². The van der Waals surface area contributed by atoms with Crippen LogP contribution in [0, 0.1) is 5.92 Å². The summed E-state index contributed by atoms with van der Waals surface area (Å²) in [5, 5.41) is 6.33. The first-order chi connectivity index (χ1) is 6.38. The summed E-state index contributed by atoms with van der Waals surface area (Å²) in [5.41, 5.74) is 0. The van der Waals surface area contributed by atoms with Crippen LogP contribution in [0.15, 0.2) is 0 Å². The van der Waals surface area contributed by atoms with Crippen LogP contribution in [-0.2, 0) is 4.79 Å². The highest BCUT2D eigenvalue weighted by Crippen LogP contribution is 2.28. The molecule has 1 atom stereocenters. The van der Waals surface area contributed by atoms with Crippen molar-refractivity contribution in [3.05, 3.63) is 0 Å². The lowest BCUT2D eigenvalue weighted by Gasteiger charge is -2.20. The van der Waals surface area contributed by atoms with Gasteiger partial charge in [-0.15, -0.1) is 0 Å². The third-order valence-electron chi connectivity index (χ3n) is 3.17. The zero-order chi connectivity index (χ0) is 9.10. The van der Waals surface area contributed by atoms with Gasteiger partial charge in [-0.1, -0.05) is 12.8 Å². The zero-order valence-corrected chi connectivity index (χ0v) is 8.01. The van der Waals surface area contributed by atoms with Gasteiger partial charge in [0.15, 0.2) is 0 Å². The van der Waals surface area contributed by atoms with Crippen molar-refractivity contribution in [2.75, 3.05) is 13.1 Å². The number of hydrogen-bond acceptors (Lipinski definition) is 2. The fourth-order valence-corrected chi connectivity index (χ4v) is 2.43. The van der Waals surface area contributed by atoms with E-state index < -0.39 is 0 Å². The Hall–Kier alpha value is -0.570. The summed E-state index contributed by atoms with van der Waals surface area (Å²) < 4.78 is 0. The van der Waals surface area contributed by atoms with Crippen LogP contribution in [0.4, 0.5) is 0 Å². The summed E-state index contributed by atoms with van der Waals surface area (Å²) in [6.45, 7) is 1.83. The predicted octanol–water partition coefficient (Wildman–Crippen LogP) is 0.655. The summed E-state index contributed by atoms with van der Waals surface area (Å²) in [6.07, 6.45) is 6.12. The minimum Gasteiger partial charge on any atom is -0.355 e. The lowest BCUT2D eigenvalue weighted by atomic mass is 9.97. The lowest BCUT2D eigenvalue weighted by molar-refractivity contribution is -0.123. The van der Waals surface area contributed by atoms with E-state index in [1.54, 1.807) is 0 Å². The maximum Gasteiger partial charge on any atom is 0.237 e. The van der Waals surface area contributed by atoms with Crippen LogP contribution >= 0.6 is 0 Å². The molecule has 0 aromatic carbocycles. The van der Waals surface area contributed by atoms with E-state index in [9.17, 15) is 4.79 Å². The molecule has 2 aliphatic rings. The van der Waals surface area contributed by atoms with E-state index in [1.807, 2.05) is 0 Å². The van der Waals surface area contributed by atoms with Gasteiger partial charge in [-0.2, -0.15) is 0 Å². The molecule has 1 heterocycles. The predicted molar refractivity (Wildman–Crippen MR) is 51.4 cm³/mol. The molecule has 0 bridgehead atoms. The fourth-order valence-electron chi connectivity index (χ4n) is 2.43. The standard InChI is InChI=1S/C10H18N2O/c13-10-9(8-4-1-2-5-8)11-6-3-7-12-10/h8-9,11H,1-7H2,(H,12,13). The second-order valence-corrected chi connectivity index (χ2v) is 4.12. The Morgan fingerprint density at radius 1 is 1.08 bits per heavy atom. The lowest BCUT2D eigenvalue weighted by Crippen LogP contribution is -2.45. The van der Waals surface area contributed by atoms with Crippen molar-refractivity contribution >= 4 is 5.91 Å². The zero-order valence-electron chi connectivity index (χ0n) is 8.01. The molecule has 2 rings (SSSR count). The van der Waals surface area contributed by atoms with Gasteiger partial charge in [0.25, 0.3) is 0 Å². The molecule has 1 amide bonds. The molecular formula is C10H18N2O. The van der Waals surface area contributed by atoms with Gasteiger partial charge in [0, 0.05) is 6.54 Å². The Morgan fingerprint density at radius 3 is 2.62 bits per heavy atom. The Balaban J connectivity index is 1.97. The van der Waals surface area contributed by atoms with Crippen LogP contribution < -0.4 is 10.6 Å². The van der Waals surface area contributed by atoms with Crippen molar-refractivity contribution < 1.29 is 4.79 Å². The van der Waals surface area contributed by atoms with Gasteiger partial charge < -0.3 is 10.6 Å². The van der Waals surface area contributed by atoms with Gasteiger partial charge in [-0.25, -0.2) is 0 Å². The van der Waals surface area contributed by atoms with E-state index in [0.29, 0.717) is 5.92 Å². The largest absolute Gasteiger partial charge is 0.355 e. The molecule has 1 aliphatic heterocycles. The smallest absolute Gasteiger partial charge is 0.237 e. The molecule has 74 valence electrons. The summed E-state index contributed by atoms with van der Waals surface area (Å²) >= 11 is 0. The van der Waals surface area contributed by atoms with Crippen LogP contribution in [0.25, 0.3) is 0 Å². The minimum atomic E-state index is 0.102. The number of hydrogen-bond donors (Lipinski definition) is 2. The van der Waals surface area contributed by atoms with Crippen LogP contribution in [0.5, 0.6) is 0 Å². The minimum absolute atomic E-state index is 0.102. The summed E-state index contributed by atoms with van der Waals surface area (Å²) in [4.78, 5) is 11.6. The van der Waals surface area contributed by atoms with E-state index in [-0.39, 0.29) is 11.9 Å². The van der Waals surface area contributed by atoms with Gasteiger partial charge in [0.2, 0.25) is 5.91 Å². The van der Waals surface area contributed by atoms with Crippen molar-refractivity contribution in [2.24, 2.45) is 5.92 Å². The molecule has 1 aliphatic carbocycles. The number of carbonyl (C=O) groups is 1. The first kappa shape index (κ1) is 9.00. The quantitative estimate of drug-likeness (QED) is 0.625. The molecule has 0 aromatic heterocycles. The number of carbonyl (C=O) groups excluding carboxylic acids is 1. The van der Waals surface area contributed by atoms with Crippen molar-refractivity contribution in [3.63, 3.8) is 0 Å². The van der Waals surface area contributed by atoms with E-state index in [0.717, 1.165) is 19.5 Å². The van der Waals surface area contributed by atoms with Gasteiger partial charge >= 0.3 is 0 Å². The monoisotopic (exact) mass is 182 g/mol. The molecule has 3 heteroatoms. The summed E-state index contributed by atoms with van der Waals surface area (Å²) in [6, 6.07) is 0.102. The van der Waals surface area contributed by atoms with Crippen LogP contribution in [0.3, 0.4) is 0 Å². The Morgan fingerprint density at radius 2 is 1.85 bits per heavy atom. The maximum absolute atomic E-state index is 11.6. The number of nitrogens with one attached hydrogen (secondary N) is 2. The molecule has 0 aromatic rings. The van der Waals surface area contributed by atoms with Crippen molar-refractivity contribution in [1.82, 2.24) is 10.6 Å². The highest BCUT2D eigenvalue weighted by Gasteiger charge is 2.30. The molecule has 0 radical (unpaired) electrons. The van der Waals surface area contributed by atoms with E-state index >= 15 is 0 Å². The Kier molecular flexibility index (Phi) is 2.83. The molecule has 0 spiro atoms. The average molecular weight is 182 g/mol. The molecule has 1 saturated heterocycles. The van der Waals surface area contributed by atoms with Crippen LogP contribution in [-0.4, -0.2) is 25.0 Å². The van der Waals surface area contributed by atoms with Crippen LogP contribution in [0.1, 0.15) is 32.1 Å². The first-order valence-electron chi connectivity index (χ1n) is 5.39. The number of amides is 1. The SMILES string of the molecule is O=C1NCCCNC1C1CCCC1. The first-order valence-corrected chi connectivity index (χ1v) is 5.39. The van der Waals surface area contributed by atoms with Crippen molar-refractivity contribution in [2.45, 2.75) is 38.1 Å². The topological polar surface area (TPSA) is 41.1 Å². The third kappa shape index (κ3) is 2.02. The molecule has 1 saturated carbocycles. The highest BCUT2D eigenvalue weighted by molar-refractivity contribution is 5.82. The third-order valence-corrected chi connectivity index (χ3v) is 3.17. The van der Waals surface area contributed by atoms with Gasteiger partial charge in [-0.3, -0.25) is 4.79 Å². The molecular weight excluding hydrogens is 164 g/mol. The van der Waals surface area contributed by atoms with Crippen LogP contribution in [0.2, 0.25) is 0 Å². The second-order valence-electron chi connectivity index (χ2n) is 4.12. The average Bonchev–Trinajstić information content (AvgIpc) is 2.56. The maximum atomic E-state index is 11.6. The molecule has 1 unspecified atom stereocenters. The normalized spacial score (nSPS) is 31.4. The van der Waals surface area contributed by atoms with Gasteiger partial charge in [0.05, 0.1) is 6.04 Å². The molecule has 2 N–H and O–H groups in total. The fraction of sp³-hybridized carbons (Fsp3) is 0.900. The second kappa shape index (κ2) is 4.09. The van der Waals surface area contributed by atoms with Gasteiger partial charge in [-0.05, 0) is 31.7 Å². The molecule has 2 fully saturated rings. The van der Waals surface area contributed by atoms with E-state index in [2.05, 4.69) is 10.6 Å². The summed E-state index contributed by atoms with van der Waals surface area (Å²) in [7, 11) is 0. The Labute approximate surface area is 79.3 Å².